The van der Waals surface area contributed by atoms with E-state index in [1.807, 2.05) is 26.8 Å². The van der Waals surface area contributed by atoms with Crippen molar-refractivity contribution in [1.82, 2.24) is 5.06 Å². The highest BCUT2D eigenvalue weighted by atomic mass is 16.7. The molecule has 0 aliphatic heterocycles. The minimum Gasteiger partial charge on any atom is -0.493 e. The minimum absolute atomic E-state index is 0.368. The zero-order valence-corrected chi connectivity index (χ0v) is 12.1. The van der Waals surface area contributed by atoms with Gasteiger partial charge in [-0.2, -0.15) is 0 Å². The van der Waals surface area contributed by atoms with Gasteiger partial charge in [0.15, 0.2) is 11.5 Å². The summed E-state index contributed by atoms with van der Waals surface area (Å²) in [4.78, 5) is 17.5. The van der Waals surface area contributed by atoms with Gasteiger partial charge in [0.2, 0.25) is 0 Å². The largest absolute Gasteiger partial charge is 0.493 e. The Hall–Kier alpha value is -1.91. The van der Waals surface area contributed by atoms with Crippen molar-refractivity contribution in [3.8, 4) is 11.5 Å². The molecule has 5 heteroatoms. The maximum absolute atomic E-state index is 11.9. The first-order valence-corrected chi connectivity index (χ1v) is 6.19. The van der Waals surface area contributed by atoms with Crippen LogP contribution in [0, 0.1) is 0 Å². The van der Waals surface area contributed by atoms with Crippen LogP contribution in [-0.4, -0.2) is 30.4 Å². The van der Waals surface area contributed by atoms with E-state index >= 15 is 0 Å². The van der Waals surface area contributed by atoms with Crippen molar-refractivity contribution in [1.29, 1.82) is 0 Å². The molecule has 0 aliphatic rings. The third kappa shape index (κ3) is 4.69. The van der Waals surface area contributed by atoms with Crippen molar-refractivity contribution in [3.05, 3.63) is 24.3 Å². The molecule has 1 rings (SSSR count). The van der Waals surface area contributed by atoms with Gasteiger partial charge in [0, 0.05) is 0 Å². The molecule has 106 valence electrons. The van der Waals surface area contributed by atoms with Crippen LogP contribution in [0.2, 0.25) is 0 Å². The third-order valence-electron chi connectivity index (χ3n) is 2.16. The van der Waals surface area contributed by atoms with E-state index in [1.54, 1.807) is 32.2 Å². The standard InChI is InChI=1S/C14H21NO4/c1-6-15(13(16)18-14(2,3)4)19-12-10-8-7-9-11(12)17-5/h7-10H,6H2,1-5H3. The maximum atomic E-state index is 11.9. The van der Waals surface area contributed by atoms with E-state index in [1.165, 1.54) is 0 Å². The average molecular weight is 267 g/mol. The molecule has 0 atom stereocenters. The van der Waals surface area contributed by atoms with Crippen LogP contribution in [0.1, 0.15) is 27.7 Å². The fraction of sp³-hybridized carbons (Fsp3) is 0.500. The summed E-state index contributed by atoms with van der Waals surface area (Å²) in [5.41, 5.74) is -0.561. The van der Waals surface area contributed by atoms with Crippen LogP contribution in [-0.2, 0) is 4.74 Å². The molecule has 0 saturated heterocycles. The number of nitrogens with zero attached hydrogens (tertiary/aromatic N) is 1. The Morgan fingerprint density at radius 2 is 1.79 bits per heavy atom. The van der Waals surface area contributed by atoms with Crippen LogP contribution in [0.15, 0.2) is 24.3 Å². The molecule has 19 heavy (non-hydrogen) atoms. The summed E-state index contributed by atoms with van der Waals surface area (Å²) < 4.78 is 10.4. The molecular formula is C14H21NO4. The predicted molar refractivity (Wildman–Crippen MR) is 72.2 cm³/mol. The first-order valence-electron chi connectivity index (χ1n) is 6.19. The molecule has 0 spiro atoms. The highest BCUT2D eigenvalue weighted by molar-refractivity contribution is 5.67. The first kappa shape index (κ1) is 15.1. The highest BCUT2D eigenvalue weighted by Crippen LogP contribution is 2.27. The fourth-order valence-electron chi connectivity index (χ4n) is 1.36. The summed E-state index contributed by atoms with van der Waals surface area (Å²) in [6, 6.07) is 7.13. The molecule has 0 aromatic heterocycles. The smallest absolute Gasteiger partial charge is 0.443 e. The average Bonchev–Trinajstić information content (AvgIpc) is 2.34. The minimum atomic E-state index is -0.561. The van der Waals surface area contributed by atoms with Crippen LogP contribution in [0.25, 0.3) is 0 Å². The second-order valence-electron chi connectivity index (χ2n) is 4.92. The molecule has 0 saturated carbocycles. The summed E-state index contributed by atoms with van der Waals surface area (Å²) in [5.74, 6) is 1.03. The SMILES string of the molecule is CCN(Oc1ccccc1OC)C(=O)OC(C)(C)C. The van der Waals surface area contributed by atoms with Crippen molar-refractivity contribution in [2.45, 2.75) is 33.3 Å². The lowest BCUT2D eigenvalue weighted by Gasteiger charge is -2.26. The van der Waals surface area contributed by atoms with Crippen LogP contribution in [0.3, 0.4) is 0 Å². The molecule has 0 unspecified atom stereocenters. The number of benzene rings is 1. The summed E-state index contributed by atoms with van der Waals surface area (Å²) in [7, 11) is 1.55. The van der Waals surface area contributed by atoms with Gasteiger partial charge in [-0.3, -0.25) is 0 Å². The second-order valence-corrected chi connectivity index (χ2v) is 4.92. The Kier molecular flexibility index (Phi) is 5.03. The van der Waals surface area contributed by atoms with Crippen molar-refractivity contribution >= 4 is 6.09 Å². The van der Waals surface area contributed by atoms with E-state index in [0.717, 1.165) is 5.06 Å². The van der Waals surface area contributed by atoms with Crippen molar-refractivity contribution in [2.75, 3.05) is 13.7 Å². The summed E-state index contributed by atoms with van der Waals surface area (Å²) in [6.45, 7) is 7.60. The number of carbonyl (C=O) groups excluding carboxylic acids is 1. The zero-order valence-electron chi connectivity index (χ0n) is 12.1. The fourth-order valence-corrected chi connectivity index (χ4v) is 1.36. The number of methoxy groups -OCH3 is 1. The van der Waals surface area contributed by atoms with E-state index < -0.39 is 11.7 Å². The number of rotatable bonds is 4. The number of amides is 1. The molecule has 0 radical (unpaired) electrons. The summed E-state index contributed by atoms with van der Waals surface area (Å²) >= 11 is 0. The number of hydroxylamine groups is 2. The number of ether oxygens (including phenoxy) is 2. The predicted octanol–water partition coefficient (Wildman–Crippen LogP) is 3.25. The van der Waals surface area contributed by atoms with Gasteiger partial charge in [-0.1, -0.05) is 12.1 Å². The summed E-state index contributed by atoms with van der Waals surface area (Å²) in [6.07, 6.45) is -0.527. The van der Waals surface area contributed by atoms with E-state index in [4.69, 9.17) is 14.3 Å². The molecule has 1 amide bonds. The van der Waals surface area contributed by atoms with Crippen LogP contribution >= 0.6 is 0 Å². The van der Waals surface area contributed by atoms with Gasteiger partial charge in [0.05, 0.1) is 13.7 Å². The van der Waals surface area contributed by atoms with E-state index in [0.29, 0.717) is 18.0 Å². The van der Waals surface area contributed by atoms with E-state index in [-0.39, 0.29) is 0 Å². The summed E-state index contributed by atoms with van der Waals surface area (Å²) in [5, 5.41) is 1.16. The lowest BCUT2D eigenvalue weighted by molar-refractivity contribution is -0.0703. The van der Waals surface area contributed by atoms with E-state index in [2.05, 4.69) is 0 Å². The van der Waals surface area contributed by atoms with Gasteiger partial charge in [0.25, 0.3) is 0 Å². The molecule has 5 nitrogen and oxygen atoms in total. The number of hydrogen-bond donors (Lipinski definition) is 0. The van der Waals surface area contributed by atoms with Gasteiger partial charge in [0.1, 0.15) is 5.60 Å². The number of hydrogen-bond acceptors (Lipinski definition) is 4. The molecule has 0 bridgehead atoms. The lowest BCUT2D eigenvalue weighted by Crippen LogP contribution is -2.38. The van der Waals surface area contributed by atoms with Crippen molar-refractivity contribution in [2.24, 2.45) is 0 Å². The van der Waals surface area contributed by atoms with Crippen LogP contribution in [0.5, 0.6) is 11.5 Å². The molecular weight excluding hydrogens is 246 g/mol. The molecule has 1 aromatic rings. The van der Waals surface area contributed by atoms with Crippen molar-refractivity contribution < 1.29 is 19.1 Å². The normalized spacial score (nSPS) is 10.8. The molecule has 1 aromatic carbocycles. The van der Waals surface area contributed by atoms with Crippen LogP contribution < -0.4 is 9.57 Å². The van der Waals surface area contributed by atoms with Gasteiger partial charge < -0.3 is 14.3 Å². The lowest BCUT2D eigenvalue weighted by atomic mass is 10.2. The second kappa shape index (κ2) is 6.31. The van der Waals surface area contributed by atoms with Crippen molar-refractivity contribution in [3.63, 3.8) is 0 Å². The number of carbonyl (C=O) groups is 1. The van der Waals surface area contributed by atoms with E-state index in [9.17, 15) is 4.79 Å². The Bertz CT molecular complexity index is 426. The Morgan fingerprint density at radius 3 is 2.26 bits per heavy atom. The first-order chi connectivity index (χ1) is 8.87. The molecule has 0 aliphatic carbocycles. The van der Waals surface area contributed by atoms with Gasteiger partial charge >= 0.3 is 6.09 Å². The molecule has 0 heterocycles. The Labute approximate surface area is 114 Å². The Balaban J connectivity index is 2.79. The van der Waals surface area contributed by atoms with Gasteiger partial charge in [-0.15, -0.1) is 5.06 Å². The quantitative estimate of drug-likeness (QED) is 0.786. The number of para-hydroxylation sites is 2. The molecule has 0 N–H and O–H groups in total. The maximum Gasteiger partial charge on any atom is 0.443 e. The van der Waals surface area contributed by atoms with Gasteiger partial charge in [-0.05, 0) is 39.8 Å². The molecule has 0 fully saturated rings. The topological polar surface area (TPSA) is 48.0 Å². The highest BCUT2D eigenvalue weighted by Gasteiger charge is 2.23. The third-order valence-corrected chi connectivity index (χ3v) is 2.16. The monoisotopic (exact) mass is 267 g/mol. The Morgan fingerprint density at radius 1 is 1.21 bits per heavy atom. The van der Waals surface area contributed by atoms with Gasteiger partial charge in [-0.25, -0.2) is 4.79 Å². The van der Waals surface area contributed by atoms with Crippen LogP contribution in [0.4, 0.5) is 4.79 Å². The zero-order chi connectivity index (χ0) is 14.5.